The van der Waals surface area contributed by atoms with Gasteiger partial charge < -0.3 is 14.8 Å². The maximum Gasteiger partial charge on any atom is 0.220 e. The Morgan fingerprint density at radius 1 is 1.00 bits per heavy atom. The monoisotopic (exact) mass is 359 g/mol. The molecular formula is C20H25NO3S. The lowest BCUT2D eigenvalue weighted by Crippen LogP contribution is -2.25. The fraction of sp³-hybridized carbons (Fsp3) is 0.350. The summed E-state index contributed by atoms with van der Waals surface area (Å²) in [6, 6.07) is 16.1. The van der Waals surface area contributed by atoms with E-state index < -0.39 is 0 Å². The summed E-state index contributed by atoms with van der Waals surface area (Å²) in [5.74, 6) is 3.30. The minimum absolute atomic E-state index is 0.0982. The molecular weight excluding hydrogens is 334 g/mol. The second kappa shape index (κ2) is 10.7. The number of benzene rings is 2. The number of hydrogen-bond acceptors (Lipinski definition) is 4. The summed E-state index contributed by atoms with van der Waals surface area (Å²) in [6.07, 6.45) is 1.31. The van der Waals surface area contributed by atoms with Crippen molar-refractivity contribution in [1.29, 1.82) is 0 Å². The van der Waals surface area contributed by atoms with Crippen molar-refractivity contribution >= 4 is 17.7 Å². The van der Waals surface area contributed by atoms with E-state index in [4.69, 9.17) is 9.47 Å². The minimum atomic E-state index is 0.0982. The van der Waals surface area contributed by atoms with Crippen LogP contribution >= 0.6 is 11.8 Å². The van der Waals surface area contributed by atoms with Crippen LogP contribution in [0.3, 0.4) is 0 Å². The van der Waals surface area contributed by atoms with Crippen molar-refractivity contribution in [3.05, 3.63) is 59.7 Å². The zero-order chi connectivity index (χ0) is 17.9. The number of amides is 1. The van der Waals surface area contributed by atoms with E-state index in [0.29, 0.717) is 24.5 Å². The summed E-state index contributed by atoms with van der Waals surface area (Å²) in [7, 11) is 3.24. The van der Waals surface area contributed by atoms with Crippen molar-refractivity contribution in [2.24, 2.45) is 0 Å². The summed E-state index contributed by atoms with van der Waals surface area (Å²) in [4.78, 5) is 11.9. The van der Waals surface area contributed by atoms with Crippen LogP contribution in [0.5, 0.6) is 11.5 Å². The molecule has 2 aromatic rings. The number of thioether (sulfide) groups is 1. The molecule has 25 heavy (non-hydrogen) atoms. The van der Waals surface area contributed by atoms with Gasteiger partial charge in [0.1, 0.15) is 0 Å². The van der Waals surface area contributed by atoms with Crippen molar-refractivity contribution in [3.8, 4) is 11.5 Å². The zero-order valence-corrected chi connectivity index (χ0v) is 15.6. The molecule has 2 rings (SSSR count). The molecule has 0 radical (unpaired) electrons. The summed E-state index contributed by atoms with van der Waals surface area (Å²) in [6.45, 7) is 0.623. The molecule has 0 aliphatic rings. The Morgan fingerprint density at radius 2 is 1.76 bits per heavy atom. The normalized spacial score (nSPS) is 10.3. The SMILES string of the molecule is COc1ccc(CCNC(=O)CCSCc2ccccc2)cc1OC. The van der Waals surface area contributed by atoms with Crippen LogP contribution < -0.4 is 14.8 Å². The van der Waals surface area contributed by atoms with E-state index in [-0.39, 0.29) is 5.91 Å². The standard InChI is InChI=1S/C20H25NO3S/c1-23-18-9-8-16(14-19(18)24-2)10-12-21-20(22)11-13-25-15-17-6-4-3-5-7-17/h3-9,14H,10-13,15H2,1-2H3,(H,21,22). The third-order valence-corrected chi connectivity index (χ3v) is 4.80. The molecule has 134 valence electrons. The van der Waals surface area contributed by atoms with E-state index >= 15 is 0 Å². The first-order valence-corrected chi connectivity index (χ1v) is 9.47. The first-order chi connectivity index (χ1) is 12.2. The molecule has 1 amide bonds. The highest BCUT2D eigenvalue weighted by Gasteiger charge is 2.05. The molecule has 0 heterocycles. The fourth-order valence-corrected chi connectivity index (χ4v) is 3.30. The highest BCUT2D eigenvalue weighted by molar-refractivity contribution is 7.98. The lowest BCUT2D eigenvalue weighted by molar-refractivity contribution is -0.120. The second-order valence-electron chi connectivity index (χ2n) is 5.58. The summed E-state index contributed by atoms with van der Waals surface area (Å²) < 4.78 is 10.5. The highest BCUT2D eigenvalue weighted by Crippen LogP contribution is 2.27. The summed E-state index contributed by atoms with van der Waals surface area (Å²) in [5.41, 5.74) is 2.40. The van der Waals surface area contributed by atoms with E-state index in [1.165, 1.54) is 5.56 Å². The molecule has 0 aliphatic heterocycles. The van der Waals surface area contributed by atoms with Crippen LogP contribution in [0.15, 0.2) is 48.5 Å². The minimum Gasteiger partial charge on any atom is -0.493 e. The number of carbonyl (C=O) groups excluding carboxylic acids is 1. The zero-order valence-electron chi connectivity index (χ0n) is 14.8. The quantitative estimate of drug-likeness (QED) is 0.657. The van der Waals surface area contributed by atoms with Crippen molar-refractivity contribution in [2.75, 3.05) is 26.5 Å². The van der Waals surface area contributed by atoms with Gasteiger partial charge in [0.05, 0.1) is 14.2 Å². The van der Waals surface area contributed by atoms with Gasteiger partial charge in [0.25, 0.3) is 0 Å². The van der Waals surface area contributed by atoms with Crippen LogP contribution in [0.4, 0.5) is 0 Å². The van der Waals surface area contributed by atoms with E-state index in [1.807, 2.05) is 36.4 Å². The van der Waals surface area contributed by atoms with E-state index in [0.717, 1.165) is 23.5 Å². The van der Waals surface area contributed by atoms with Crippen LogP contribution in [0.25, 0.3) is 0 Å². The van der Waals surface area contributed by atoms with Crippen LogP contribution in [0, 0.1) is 0 Å². The maximum atomic E-state index is 11.9. The molecule has 0 saturated heterocycles. The third-order valence-electron chi connectivity index (χ3n) is 3.77. The van der Waals surface area contributed by atoms with Gasteiger partial charge in [-0.15, -0.1) is 0 Å². The lowest BCUT2D eigenvalue weighted by Gasteiger charge is -2.10. The molecule has 0 bridgehead atoms. The molecule has 0 atom stereocenters. The molecule has 4 nitrogen and oxygen atoms in total. The lowest BCUT2D eigenvalue weighted by atomic mass is 10.1. The van der Waals surface area contributed by atoms with Gasteiger partial charge in [-0.2, -0.15) is 11.8 Å². The number of carbonyl (C=O) groups is 1. The van der Waals surface area contributed by atoms with Gasteiger partial charge in [-0.25, -0.2) is 0 Å². The number of ether oxygens (including phenoxy) is 2. The smallest absolute Gasteiger partial charge is 0.220 e. The molecule has 0 spiro atoms. The van der Waals surface area contributed by atoms with Gasteiger partial charge in [0.2, 0.25) is 5.91 Å². The summed E-state index contributed by atoms with van der Waals surface area (Å²) in [5, 5.41) is 2.97. The van der Waals surface area contributed by atoms with E-state index in [9.17, 15) is 4.79 Å². The first-order valence-electron chi connectivity index (χ1n) is 8.32. The predicted molar refractivity (Wildman–Crippen MR) is 103 cm³/mol. The van der Waals surface area contributed by atoms with Crippen molar-refractivity contribution in [2.45, 2.75) is 18.6 Å². The van der Waals surface area contributed by atoms with Crippen molar-refractivity contribution < 1.29 is 14.3 Å². The van der Waals surface area contributed by atoms with Gasteiger partial charge in [-0.1, -0.05) is 36.4 Å². The van der Waals surface area contributed by atoms with E-state index in [2.05, 4.69) is 17.4 Å². The Labute approximate surface area is 153 Å². The number of hydrogen-bond donors (Lipinski definition) is 1. The molecule has 0 aromatic heterocycles. The fourth-order valence-electron chi connectivity index (χ4n) is 2.40. The third kappa shape index (κ3) is 6.70. The van der Waals surface area contributed by atoms with Gasteiger partial charge in [0, 0.05) is 24.5 Å². The summed E-state index contributed by atoms with van der Waals surface area (Å²) >= 11 is 1.78. The van der Waals surface area contributed by atoms with Gasteiger partial charge >= 0.3 is 0 Å². The molecule has 0 saturated carbocycles. The number of rotatable bonds is 10. The van der Waals surface area contributed by atoms with Crippen LogP contribution in [-0.4, -0.2) is 32.4 Å². The van der Waals surface area contributed by atoms with Crippen LogP contribution in [0.2, 0.25) is 0 Å². The first kappa shape index (κ1) is 19.2. The van der Waals surface area contributed by atoms with Gasteiger partial charge in [0.15, 0.2) is 11.5 Å². The maximum absolute atomic E-state index is 11.9. The predicted octanol–water partition coefficient (Wildman–Crippen LogP) is 3.69. The Morgan fingerprint density at radius 3 is 2.48 bits per heavy atom. The molecule has 2 aromatic carbocycles. The van der Waals surface area contributed by atoms with Crippen LogP contribution in [0.1, 0.15) is 17.5 Å². The average molecular weight is 359 g/mol. The Bertz CT molecular complexity index is 661. The molecule has 0 fully saturated rings. The molecule has 0 unspecified atom stereocenters. The molecule has 1 N–H and O–H groups in total. The van der Waals surface area contributed by atoms with Gasteiger partial charge in [-0.3, -0.25) is 4.79 Å². The highest BCUT2D eigenvalue weighted by atomic mass is 32.2. The van der Waals surface area contributed by atoms with E-state index in [1.54, 1.807) is 26.0 Å². The van der Waals surface area contributed by atoms with Crippen molar-refractivity contribution in [1.82, 2.24) is 5.32 Å². The number of nitrogens with one attached hydrogen (secondary N) is 1. The Balaban J connectivity index is 1.63. The Kier molecular flexibility index (Phi) is 8.19. The van der Waals surface area contributed by atoms with Crippen molar-refractivity contribution in [3.63, 3.8) is 0 Å². The molecule has 0 aliphatic carbocycles. The Hall–Kier alpha value is -2.14. The van der Waals surface area contributed by atoms with Crippen LogP contribution in [-0.2, 0) is 17.0 Å². The topological polar surface area (TPSA) is 47.6 Å². The average Bonchev–Trinajstić information content (AvgIpc) is 2.66. The molecule has 5 heteroatoms. The second-order valence-corrected chi connectivity index (χ2v) is 6.68. The largest absolute Gasteiger partial charge is 0.493 e. The number of methoxy groups -OCH3 is 2. The van der Waals surface area contributed by atoms with Gasteiger partial charge in [-0.05, 0) is 29.7 Å².